The Balaban J connectivity index is 0.000000239. The number of rotatable bonds is 5. The molecule has 0 bridgehead atoms. The first kappa shape index (κ1) is 34.0. The molecule has 0 spiro atoms. The molecule has 1 N–H and O–H groups in total. The molecule has 1 atom stereocenters. The van der Waals surface area contributed by atoms with Gasteiger partial charge in [-0.05, 0) is 61.9 Å². The maximum Gasteiger partial charge on any atom is 0.151 e. The lowest BCUT2D eigenvalue weighted by molar-refractivity contribution is 0.112. The number of fused-ring (bicyclic) bond motifs is 1. The Morgan fingerprint density at radius 1 is 1.00 bits per heavy atom. The zero-order chi connectivity index (χ0) is 30.2. The molecule has 1 aliphatic heterocycles. The predicted octanol–water partition coefficient (Wildman–Crippen LogP) is 9.62. The summed E-state index contributed by atoms with van der Waals surface area (Å²) in [5, 5.41) is 5.37. The van der Waals surface area contributed by atoms with Gasteiger partial charge in [0.1, 0.15) is 11.0 Å². The van der Waals surface area contributed by atoms with Crippen LogP contribution in [0.4, 0.5) is 11.4 Å². The molecule has 1 fully saturated rings. The van der Waals surface area contributed by atoms with E-state index in [-0.39, 0.29) is 0 Å². The van der Waals surface area contributed by atoms with Crippen molar-refractivity contribution >= 4 is 62.8 Å². The van der Waals surface area contributed by atoms with Gasteiger partial charge in [0.15, 0.2) is 6.29 Å². The van der Waals surface area contributed by atoms with E-state index < -0.39 is 11.0 Å². The van der Waals surface area contributed by atoms with Crippen LogP contribution in [-0.2, 0) is 11.0 Å². The number of allylic oxidation sites excluding steroid dienone is 1. The van der Waals surface area contributed by atoms with Gasteiger partial charge in [0.25, 0.3) is 0 Å². The summed E-state index contributed by atoms with van der Waals surface area (Å²) in [4.78, 5) is 15.2. The molecule has 1 saturated heterocycles. The molecule has 5 nitrogen and oxygen atoms in total. The van der Waals surface area contributed by atoms with Crippen LogP contribution in [0.2, 0.25) is 10.0 Å². The number of aldehydes is 1. The van der Waals surface area contributed by atoms with Gasteiger partial charge >= 0.3 is 0 Å². The average Bonchev–Trinajstić information content (AvgIpc) is 3.43. The van der Waals surface area contributed by atoms with E-state index in [2.05, 4.69) is 42.9 Å². The highest BCUT2D eigenvalue weighted by atomic mass is 35.5. The summed E-state index contributed by atoms with van der Waals surface area (Å²) in [7, 11) is 0.948. The van der Waals surface area contributed by atoms with Crippen molar-refractivity contribution in [2.75, 3.05) is 29.0 Å². The Morgan fingerprint density at radius 3 is 2.29 bits per heavy atom. The topological polar surface area (TPSA) is 62.3 Å². The Kier molecular flexibility index (Phi) is 15.2. The molecule has 4 aromatic rings. The number of nitrogens with zero attached hydrogens (tertiary/aromatic N) is 2. The Labute approximate surface area is 257 Å². The molecule has 0 amide bonds. The number of aromatic nitrogens is 1. The van der Waals surface area contributed by atoms with E-state index >= 15 is 0 Å². The highest BCUT2D eigenvalue weighted by Crippen LogP contribution is 2.30. The molecule has 2 heterocycles. The minimum atomic E-state index is -0.942. The molecular weight excluding hydrogens is 573 g/mol. The lowest BCUT2D eigenvalue weighted by Crippen LogP contribution is -2.19. The Morgan fingerprint density at radius 2 is 1.71 bits per heavy atom. The van der Waals surface area contributed by atoms with E-state index in [1.54, 1.807) is 28.6 Å². The summed E-state index contributed by atoms with van der Waals surface area (Å²) < 4.78 is 13.4. The third-order valence-corrected chi connectivity index (χ3v) is 8.13. The SMILES string of the molecule is C=CC.CCCC.CNc1ccc(Cl)c(-c2ccc3ccccc3n2)c1.O=Cc1ccc(N2CCCS2=O)cc1Cl. The second-order valence-electron chi connectivity index (χ2n) is 9.05. The quantitative estimate of drug-likeness (QED) is 0.180. The van der Waals surface area contributed by atoms with Crippen LogP contribution >= 0.6 is 23.2 Å². The van der Waals surface area contributed by atoms with Crippen molar-refractivity contribution in [3.8, 4) is 11.3 Å². The predicted molar refractivity (Wildman–Crippen MR) is 180 cm³/mol. The van der Waals surface area contributed by atoms with Gasteiger partial charge in [-0.1, -0.05) is 80.2 Å². The van der Waals surface area contributed by atoms with E-state index in [1.165, 1.54) is 12.8 Å². The number of hydrogen-bond acceptors (Lipinski definition) is 4. The number of anilines is 2. The van der Waals surface area contributed by atoms with Gasteiger partial charge in [-0.15, -0.1) is 6.58 Å². The molecule has 1 aliphatic rings. The Hall–Kier alpha value is -3.19. The smallest absolute Gasteiger partial charge is 0.151 e. The molecule has 5 rings (SSSR count). The van der Waals surface area contributed by atoms with Crippen molar-refractivity contribution in [1.29, 1.82) is 0 Å². The molecule has 8 heteroatoms. The third-order valence-electron chi connectivity index (χ3n) is 5.95. The number of nitrogens with one attached hydrogen (secondary N) is 1. The van der Waals surface area contributed by atoms with Crippen LogP contribution in [0.3, 0.4) is 0 Å². The molecule has 1 aromatic heterocycles. The fourth-order valence-electron chi connectivity index (χ4n) is 3.65. The molecule has 1 unspecified atom stereocenters. The normalized spacial score (nSPS) is 13.5. The number of carbonyl (C=O) groups is 1. The molecule has 218 valence electrons. The lowest BCUT2D eigenvalue weighted by atomic mass is 10.1. The summed E-state index contributed by atoms with van der Waals surface area (Å²) in [6.07, 6.45) is 6.03. The first-order chi connectivity index (χ1) is 19.8. The number of benzene rings is 3. The van der Waals surface area contributed by atoms with Crippen molar-refractivity contribution in [1.82, 2.24) is 4.98 Å². The zero-order valence-electron chi connectivity index (χ0n) is 24.2. The summed E-state index contributed by atoms with van der Waals surface area (Å²) in [5.74, 6) is 0.701. The first-order valence-electron chi connectivity index (χ1n) is 13.6. The van der Waals surface area contributed by atoms with Crippen molar-refractivity contribution in [3.63, 3.8) is 0 Å². The number of hydrogen-bond donors (Lipinski definition) is 1. The fourth-order valence-corrected chi connectivity index (χ4v) is 5.36. The minimum Gasteiger partial charge on any atom is -0.388 e. The van der Waals surface area contributed by atoms with Crippen molar-refractivity contribution in [2.45, 2.75) is 40.0 Å². The lowest BCUT2D eigenvalue weighted by Gasteiger charge is -2.16. The van der Waals surface area contributed by atoms with Crippen molar-refractivity contribution in [3.05, 3.63) is 101 Å². The van der Waals surface area contributed by atoms with Crippen LogP contribution in [0.25, 0.3) is 22.2 Å². The van der Waals surface area contributed by atoms with E-state index in [0.29, 0.717) is 27.6 Å². The fraction of sp³-hybridized carbons (Fsp3) is 0.273. The maximum absolute atomic E-state index is 11.6. The first-order valence-corrected chi connectivity index (χ1v) is 15.7. The molecule has 3 aromatic carbocycles. The standard InChI is InChI=1S/C16H13ClN2.C10H10ClNO2S.C4H10.C3H6/c1-18-12-7-8-14(17)13(10-12)16-9-6-11-4-2-3-5-15(11)19-16;11-10-6-9(3-2-8(10)7-13)12-4-1-5-15(12)14;1-3-4-2;1-3-2/h2-10,18H,1H3;2-3,6-7H,1,4-5H2;3-4H2,1-2H3;3H,1H2,2H3. The van der Waals surface area contributed by atoms with Gasteiger partial charge in [0.05, 0.1) is 26.9 Å². The largest absolute Gasteiger partial charge is 0.388 e. The second-order valence-corrected chi connectivity index (χ2v) is 11.4. The summed E-state index contributed by atoms with van der Waals surface area (Å²) in [6, 6.07) is 23.1. The van der Waals surface area contributed by atoms with Crippen molar-refractivity contribution in [2.24, 2.45) is 0 Å². The van der Waals surface area contributed by atoms with Gasteiger partial charge in [0, 0.05) is 41.5 Å². The van der Waals surface area contributed by atoms with Crippen LogP contribution in [0, 0.1) is 0 Å². The van der Waals surface area contributed by atoms with Gasteiger partial charge in [-0.2, -0.15) is 0 Å². The highest BCUT2D eigenvalue weighted by molar-refractivity contribution is 7.86. The summed E-state index contributed by atoms with van der Waals surface area (Å²) >= 11 is 12.2. The number of pyridine rings is 1. The van der Waals surface area contributed by atoms with Crippen LogP contribution in [0.1, 0.15) is 50.4 Å². The maximum atomic E-state index is 11.6. The zero-order valence-corrected chi connectivity index (χ0v) is 26.5. The monoisotopic (exact) mass is 611 g/mol. The van der Waals surface area contributed by atoms with E-state index in [1.807, 2.05) is 56.4 Å². The third kappa shape index (κ3) is 10.3. The second kappa shape index (κ2) is 18.3. The van der Waals surface area contributed by atoms with Crippen LogP contribution in [0.15, 0.2) is 85.5 Å². The van der Waals surface area contributed by atoms with Crippen LogP contribution in [-0.4, -0.2) is 34.8 Å². The van der Waals surface area contributed by atoms with Gasteiger partial charge in [-0.25, -0.2) is 9.19 Å². The average molecular weight is 613 g/mol. The van der Waals surface area contributed by atoms with Crippen LogP contribution < -0.4 is 9.62 Å². The number of carbonyl (C=O) groups excluding carboxylic acids is 1. The summed E-state index contributed by atoms with van der Waals surface area (Å²) in [6.45, 7) is 10.4. The molecule has 0 aliphatic carbocycles. The van der Waals surface area contributed by atoms with E-state index in [9.17, 15) is 9.00 Å². The van der Waals surface area contributed by atoms with E-state index in [4.69, 9.17) is 23.2 Å². The number of unbranched alkanes of at least 4 members (excludes halogenated alkanes) is 1. The number of halogens is 2. The van der Waals surface area contributed by atoms with Gasteiger partial charge in [0.2, 0.25) is 0 Å². The summed E-state index contributed by atoms with van der Waals surface area (Å²) in [5.41, 5.74) is 5.12. The molecular formula is C33H39Cl2N3O2S. The van der Waals surface area contributed by atoms with E-state index in [0.717, 1.165) is 46.5 Å². The highest BCUT2D eigenvalue weighted by Gasteiger charge is 2.20. The Bertz CT molecular complexity index is 1440. The molecule has 0 saturated carbocycles. The van der Waals surface area contributed by atoms with Gasteiger partial charge in [-0.3, -0.25) is 9.10 Å². The number of para-hydroxylation sites is 1. The van der Waals surface area contributed by atoms with Crippen LogP contribution in [0.5, 0.6) is 0 Å². The minimum absolute atomic E-state index is 0.409. The molecule has 41 heavy (non-hydrogen) atoms. The van der Waals surface area contributed by atoms with Gasteiger partial charge < -0.3 is 5.32 Å². The van der Waals surface area contributed by atoms with Crippen molar-refractivity contribution < 1.29 is 9.00 Å². The molecule has 0 radical (unpaired) electrons.